The van der Waals surface area contributed by atoms with E-state index in [4.69, 9.17) is 10.5 Å². The van der Waals surface area contributed by atoms with E-state index in [1.165, 1.54) is 0 Å². The zero-order valence-corrected chi connectivity index (χ0v) is 14.1. The van der Waals surface area contributed by atoms with E-state index in [0.717, 1.165) is 5.56 Å². The van der Waals surface area contributed by atoms with Crippen LogP contribution >= 0.6 is 0 Å². The number of rotatable bonds is 7. The lowest BCUT2D eigenvalue weighted by molar-refractivity contribution is 0.242. The molecule has 0 bridgehead atoms. The maximum Gasteiger partial charge on any atom is 0.240 e. The maximum atomic E-state index is 12.2. The molecule has 6 heteroatoms. The second kappa shape index (κ2) is 7.48. The lowest BCUT2D eigenvalue weighted by Gasteiger charge is -2.11. The van der Waals surface area contributed by atoms with Crippen molar-refractivity contribution < 1.29 is 13.2 Å². The Morgan fingerprint density at radius 3 is 2.22 bits per heavy atom. The van der Waals surface area contributed by atoms with Gasteiger partial charge in [0.1, 0.15) is 5.75 Å². The Kier molecular flexibility index (Phi) is 5.63. The lowest BCUT2D eigenvalue weighted by Crippen LogP contribution is -2.26. The summed E-state index contributed by atoms with van der Waals surface area (Å²) in [5.41, 5.74) is 7.34. The molecule has 0 aromatic heterocycles. The molecular weight excluding hydrogens is 312 g/mol. The van der Waals surface area contributed by atoms with Crippen molar-refractivity contribution in [3.8, 4) is 5.75 Å². The van der Waals surface area contributed by atoms with Crippen LogP contribution in [0.5, 0.6) is 5.75 Å². The first-order chi connectivity index (χ1) is 10.9. The highest BCUT2D eigenvalue weighted by Crippen LogP contribution is 2.17. The van der Waals surface area contributed by atoms with Crippen LogP contribution in [0.15, 0.2) is 53.4 Å². The Hall–Kier alpha value is -2.05. The molecule has 0 aliphatic heterocycles. The number of hydrogen-bond acceptors (Lipinski definition) is 4. The smallest absolute Gasteiger partial charge is 0.240 e. The van der Waals surface area contributed by atoms with Crippen molar-refractivity contribution in [1.82, 2.24) is 4.72 Å². The largest absolute Gasteiger partial charge is 0.491 e. The normalized spacial score (nSPS) is 11.6. The highest BCUT2D eigenvalue weighted by Gasteiger charge is 2.13. The van der Waals surface area contributed by atoms with Crippen LogP contribution in [0.2, 0.25) is 0 Å². The molecule has 0 radical (unpaired) electrons. The Balaban J connectivity index is 1.94. The minimum atomic E-state index is -3.51. The third-order valence-corrected chi connectivity index (χ3v) is 4.67. The number of benzene rings is 2. The van der Waals surface area contributed by atoms with E-state index in [9.17, 15) is 8.42 Å². The van der Waals surface area contributed by atoms with Crippen LogP contribution in [0.3, 0.4) is 0 Å². The van der Waals surface area contributed by atoms with E-state index in [1.54, 1.807) is 36.4 Å². The SMILES string of the molecule is CC(C)Oc1ccc(S(=O)(=O)NCCc2ccc(N)cc2)cc1. The molecule has 0 spiro atoms. The van der Waals surface area contributed by atoms with Crippen LogP contribution in [0.25, 0.3) is 0 Å². The first kappa shape index (κ1) is 17.3. The van der Waals surface area contributed by atoms with E-state index in [-0.39, 0.29) is 11.0 Å². The summed E-state index contributed by atoms with van der Waals surface area (Å²) in [5, 5.41) is 0. The summed E-state index contributed by atoms with van der Waals surface area (Å²) in [7, 11) is -3.51. The third kappa shape index (κ3) is 5.26. The molecule has 0 heterocycles. The standard InChI is InChI=1S/C17H22N2O3S/c1-13(2)22-16-7-9-17(10-8-16)23(20,21)19-12-11-14-3-5-15(18)6-4-14/h3-10,13,19H,11-12,18H2,1-2H3. The summed E-state index contributed by atoms with van der Waals surface area (Å²) >= 11 is 0. The number of sulfonamides is 1. The summed E-state index contributed by atoms with van der Waals surface area (Å²) in [5.74, 6) is 0.654. The Bertz CT molecular complexity index is 723. The van der Waals surface area contributed by atoms with Crippen LogP contribution in [0.1, 0.15) is 19.4 Å². The topological polar surface area (TPSA) is 81.4 Å². The molecule has 0 atom stereocenters. The van der Waals surface area contributed by atoms with Gasteiger partial charge in [0.25, 0.3) is 0 Å². The van der Waals surface area contributed by atoms with Crippen molar-refractivity contribution in [2.75, 3.05) is 12.3 Å². The van der Waals surface area contributed by atoms with Gasteiger partial charge in [0.15, 0.2) is 0 Å². The molecule has 0 aliphatic carbocycles. The molecule has 2 aromatic rings. The Morgan fingerprint density at radius 1 is 1.04 bits per heavy atom. The van der Waals surface area contributed by atoms with Gasteiger partial charge in [-0.15, -0.1) is 0 Å². The number of nitrogens with two attached hydrogens (primary N) is 1. The van der Waals surface area contributed by atoms with E-state index < -0.39 is 10.0 Å². The minimum Gasteiger partial charge on any atom is -0.491 e. The summed E-state index contributed by atoms with van der Waals surface area (Å²) in [6.45, 7) is 4.17. The molecule has 0 fully saturated rings. The molecule has 2 rings (SSSR count). The van der Waals surface area contributed by atoms with Gasteiger partial charge in [0.2, 0.25) is 10.0 Å². The van der Waals surface area contributed by atoms with Gasteiger partial charge in [-0.2, -0.15) is 0 Å². The second-order valence-electron chi connectivity index (χ2n) is 5.53. The van der Waals surface area contributed by atoms with Crippen molar-refractivity contribution >= 4 is 15.7 Å². The van der Waals surface area contributed by atoms with Crippen LogP contribution in [-0.2, 0) is 16.4 Å². The van der Waals surface area contributed by atoms with Gasteiger partial charge < -0.3 is 10.5 Å². The van der Waals surface area contributed by atoms with Crippen LogP contribution < -0.4 is 15.2 Å². The molecule has 0 saturated heterocycles. The molecular formula is C17H22N2O3S. The highest BCUT2D eigenvalue weighted by molar-refractivity contribution is 7.89. The molecule has 124 valence electrons. The number of nitrogen functional groups attached to an aromatic ring is 1. The van der Waals surface area contributed by atoms with Gasteiger partial charge in [-0.1, -0.05) is 12.1 Å². The van der Waals surface area contributed by atoms with Gasteiger partial charge in [-0.05, 0) is 62.2 Å². The monoisotopic (exact) mass is 334 g/mol. The average Bonchev–Trinajstić information content (AvgIpc) is 2.49. The lowest BCUT2D eigenvalue weighted by atomic mass is 10.1. The van der Waals surface area contributed by atoms with E-state index >= 15 is 0 Å². The summed E-state index contributed by atoms with van der Waals surface area (Å²) in [4.78, 5) is 0.228. The van der Waals surface area contributed by atoms with Gasteiger partial charge in [0.05, 0.1) is 11.0 Å². The number of nitrogens with one attached hydrogen (secondary N) is 1. The van der Waals surface area contributed by atoms with Gasteiger partial charge >= 0.3 is 0 Å². The van der Waals surface area contributed by atoms with Gasteiger partial charge in [-0.3, -0.25) is 0 Å². The van der Waals surface area contributed by atoms with Crippen LogP contribution in [0, 0.1) is 0 Å². The van der Waals surface area contributed by atoms with Crippen molar-refractivity contribution in [3.63, 3.8) is 0 Å². The average molecular weight is 334 g/mol. The summed E-state index contributed by atoms with van der Waals surface area (Å²) in [6, 6.07) is 13.8. The highest BCUT2D eigenvalue weighted by atomic mass is 32.2. The fraction of sp³-hybridized carbons (Fsp3) is 0.294. The Labute approximate surface area is 137 Å². The maximum absolute atomic E-state index is 12.2. The van der Waals surface area contributed by atoms with Crippen molar-refractivity contribution in [2.24, 2.45) is 0 Å². The summed E-state index contributed by atoms with van der Waals surface area (Å²) < 4.78 is 32.6. The van der Waals surface area contributed by atoms with Crippen molar-refractivity contribution in [2.45, 2.75) is 31.3 Å². The molecule has 3 N–H and O–H groups in total. The number of anilines is 1. The first-order valence-electron chi connectivity index (χ1n) is 7.47. The van der Waals surface area contributed by atoms with E-state index in [0.29, 0.717) is 24.4 Å². The van der Waals surface area contributed by atoms with Gasteiger partial charge in [0, 0.05) is 12.2 Å². The molecule has 0 amide bonds. The van der Waals surface area contributed by atoms with E-state index in [1.807, 2.05) is 26.0 Å². The fourth-order valence-corrected chi connectivity index (χ4v) is 3.10. The fourth-order valence-electron chi connectivity index (χ4n) is 2.07. The van der Waals surface area contributed by atoms with Gasteiger partial charge in [-0.25, -0.2) is 13.1 Å². The predicted molar refractivity (Wildman–Crippen MR) is 92.0 cm³/mol. The molecule has 0 aliphatic rings. The zero-order valence-electron chi connectivity index (χ0n) is 13.3. The van der Waals surface area contributed by atoms with Crippen molar-refractivity contribution in [3.05, 3.63) is 54.1 Å². The first-order valence-corrected chi connectivity index (χ1v) is 8.96. The van der Waals surface area contributed by atoms with Crippen LogP contribution in [0.4, 0.5) is 5.69 Å². The van der Waals surface area contributed by atoms with E-state index in [2.05, 4.69) is 4.72 Å². The molecule has 2 aromatic carbocycles. The minimum absolute atomic E-state index is 0.0514. The predicted octanol–water partition coefficient (Wildman–Crippen LogP) is 2.58. The molecule has 0 saturated carbocycles. The van der Waals surface area contributed by atoms with Crippen LogP contribution in [-0.4, -0.2) is 21.1 Å². The third-order valence-electron chi connectivity index (χ3n) is 3.19. The molecule has 5 nitrogen and oxygen atoms in total. The Morgan fingerprint density at radius 2 is 1.65 bits per heavy atom. The molecule has 23 heavy (non-hydrogen) atoms. The second-order valence-corrected chi connectivity index (χ2v) is 7.29. The number of ether oxygens (including phenoxy) is 1. The number of hydrogen-bond donors (Lipinski definition) is 2. The van der Waals surface area contributed by atoms with Crippen molar-refractivity contribution in [1.29, 1.82) is 0 Å². The quantitative estimate of drug-likeness (QED) is 0.763. The zero-order chi connectivity index (χ0) is 16.9. The molecule has 0 unspecified atom stereocenters. The summed E-state index contributed by atoms with van der Waals surface area (Å²) in [6.07, 6.45) is 0.657.